The molecule has 1 fully saturated rings. The third-order valence-corrected chi connectivity index (χ3v) is 7.81. The average Bonchev–Trinajstić information content (AvgIpc) is 2.74. The summed E-state index contributed by atoms with van der Waals surface area (Å²) in [7, 11) is -1.65. The first-order valence-corrected chi connectivity index (χ1v) is 11.6. The summed E-state index contributed by atoms with van der Waals surface area (Å²) >= 11 is 0. The molecule has 5 nitrogen and oxygen atoms in total. The molecular weight excluding hydrogens is 386 g/mol. The number of ether oxygens (including phenoxy) is 1. The summed E-state index contributed by atoms with van der Waals surface area (Å²) < 4.78 is 29.7. The average molecular weight is 416 g/mol. The second-order valence-corrected chi connectivity index (χ2v) is 10.4. The number of benzene rings is 2. The van der Waals surface area contributed by atoms with Crippen LogP contribution in [0.15, 0.2) is 53.4 Å². The molecule has 0 aliphatic carbocycles. The normalized spacial score (nSPS) is 15.5. The molecule has 0 aromatic heterocycles. The van der Waals surface area contributed by atoms with E-state index in [0.29, 0.717) is 11.5 Å². The second kappa shape index (κ2) is 8.99. The number of nitrogens with zero attached hydrogens (tertiary/aromatic N) is 1. The van der Waals surface area contributed by atoms with Gasteiger partial charge in [0.15, 0.2) is 9.84 Å². The molecule has 156 valence electrons. The zero-order chi connectivity index (χ0) is 21.0. The molecule has 3 rings (SSSR count). The van der Waals surface area contributed by atoms with Crippen molar-refractivity contribution in [2.45, 2.75) is 43.3 Å². The first-order chi connectivity index (χ1) is 13.8. The number of amides is 1. The van der Waals surface area contributed by atoms with Crippen LogP contribution in [0.2, 0.25) is 0 Å². The predicted octanol–water partition coefficient (Wildman–Crippen LogP) is 3.97. The zero-order valence-electron chi connectivity index (χ0n) is 17.3. The molecule has 0 unspecified atom stereocenters. The maximum absolute atomic E-state index is 12.8. The molecule has 0 N–H and O–H groups in total. The Hall–Kier alpha value is -2.34. The Labute approximate surface area is 173 Å². The third-order valence-electron chi connectivity index (χ3n) is 5.64. The minimum absolute atomic E-state index is 0.0265. The number of sulfone groups is 1. The molecule has 0 radical (unpaired) electrons. The molecule has 2 aromatic carbocycles. The van der Waals surface area contributed by atoms with Gasteiger partial charge in [-0.25, -0.2) is 8.42 Å². The summed E-state index contributed by atoms with van der Waals surface area (Å²) in [5, 5.41) is -0.478. The molecule has 29 heavy (non-hydrogen) atoms. The monoisotopic (exact) mass is 415 g/mol. The maximum atomic E-state index is 12.8. The van der Waals surface area contributed by atoms with E-state index in [2.05, 4.69) is 12.1 Å². The Bertz CT molecular complexity index is 926. The number of likely N-dealkylation sites (tertiary alicyclic amines) is 1. The molecule has 0 bridgehead atoms. The van der Waals surface area contributed by atoms with E-state index in [1.807, 2.05) is 17.0 Å². The van der Waals surface area contributed by atoms with Gasteiger partial charge in [-0.2, -0.15) is 0 Å². The predicted molar refractivity (Wildman–Crippen MR) is 114 cm³/mol. The molecular formula is C23H29NO4S. The summed E-state index contributed by atoms with van der Waals surface area (Å²) in [5.74, 6) is 1.40. The van der Waals surface area contributed by atoms with Crippen molar-refractivity contribution in [2.24, 2.45) is 5.92 Å². The van der Waals surface area contributed by atoms with Crippen LogP contribution in [0, 0.1) is 5.92 Å². The SMILES string of the molecule is COc1ccc(CC2CCN(C(=O)c3ccc(S(=O)(=O)C(C)C)cc3)CC2)cc1. The third kappa shape index (κ3) is 4.99. The molecule has 1 amide bonds. The van der Waals surface area contributed by atoms with Crippen molar-refractivity contribution in [3.05, 3.63) is 59.7 Å². The van der Waals surface area contributed by atoms with Gasteiger partial charge < -0.3 is 9.64 Å². The quantitative estimate of drug-likeness (QED) is 0.716. The van der Waals surface area contributed by atoms with Crippen molar-refractivity contribution in [1.82, 2.24) is 4.90 Å². The number of carbonyl (C=O) groups is 1. The van der Waals surface area contributed by atoms with Gasteiger partial charge in [0.2, 0.25) is 0 Å². The fraction of sp³-hybridized carbons (Fsp3) is 0.435. The smallest absolute Gasteiger partial charge is 0.253 e. The summed E-state index contributed by atoms with van der Waals surface area (Å²) in [6.07, 6.45) is 2.95. The number of hydrogen-bond donors (Lipinski definition) is 0. The highest BCUT2D eigenvalue weighted by atomic mass is 32.2. The minimum atomic E-state index is -3.32. The molecule has 2 aromatic rings. The van der Waals surface area contributed by atoms with Crippen LogP contribution >= 0.6 is 0 Å². The lowest BCUT2D eigenvalue weighted by Gasteiger charge is -2.32. The summed E-state index contributed by atoms with van der Waals surface area (Å²) in [6, 6.07) is 14.5. The molecule has 1 heterocycles. The number of hydrogen-bond acceptors (Lipinski definition) is 4. The number of carbonyl (C=O) groups excluding carboxylic acids is 1. The van der Waals surface area contributed by atoms with Gasteiger partial charge in [0.1, 0.15) is 5.75 Å². The molecule has 0 atom stereocenters. The van der Waals surface area contributed by atoms with Gasteiger partial charge in [-0.05, 0) is 81.0 Å². The van der Waals surface area contributed by atoms with E-state index in [1.54, 1.807) is 45.2 Å². The molecule has 0 saturated carbocycles. The van der Waals surface area contributed by atoms with E-state index in [4.69, 9.17) is 4.74 Å². The van der Waals surface area contributed by atoms with Crippen molar-refractivity contribution in [1.29, 1.82) is 0 Å². The molecule has 1 aliphatic heterocycles. The van der Waals surface area contributed by atoms with Gasteiger partial charge in [-0.15, -0.1) is 0 Å². The van der Waals surface area contributed by atoms with Crippen LogP contribution in [0.1, 0.15) is 42.6 Å². The summed E-state index contributed by atoms with van der Waals surface area (Å²) in [5.41, 5.74) is 1.83. The van der Waals surface area contributed by atoms with Crippen LogP contribution in [-0.2, 0) is 16.3 Å². The van der Waals surface area contributed by atoms with Crippen LogP contribution in [-0.4, -0.2) is 44.7 Å². The number of methoxy groups -OCH3 is 1. The first-order valence-electron chi connectivity index (χ1n) is 10.1. The van der Waals surface area contributed by atoms with Gasteiger partial charge in [0, 0.05) is 18.7 Å². The Morgan fingerprint density at radius 2 is 1.62 bits per heavy atom. The Kier molecular flexibility index (Phi) is 6.63. The van der Waals surface area contributed by atoms with E-state index in [9.17, 15) is 13.2 Å². The second-order valence-electron chi connectivity index (χ2n) is 7.91. The van der Waals surface area contributed by atoms with Crippen molar-refractivity contribution in [2.75, 3.05) is 20.2 Å². The van der Waals surface area contributed by atoms with E-state index in [-0.39, 0.29) is 10.8 Å². The van der Waals surface area contributed by atoms with E-state index in [0.717, 1.165) is 38.1 Å². The van der Waals surface area contributed by atoms with Crippen molar-refractivity contribution >= 4 is 15.7 Å². The van der Waals surface area contributed by atoms with Crippen LogP contribution in [0.4, 0.5) is 0 Å². The highest BCUT2D eigenvalue weighted by Gasteiger charge is 2.25. The first kappa shape index (κ1) is 21.4. The topological polar surface area (TPSA) is 63.7 Å². The minimum Gasteiger partial charge on any atom is -0.497 e. The lowest BCUT2D eigenvalue weighted by atomic mass is 9.90. The fourth-order valence-electron chi connectivity index (χ4n) is 3.68. The van der Waals surface area contributed by atoms with Gasteiger partial charge in [0.05, 0.1) is 17.3 Å². The highest BCUT2D eigenvalue weighted by molar-refractivity contribution is 7.92. The Balaban J connectivity index is 1.57. The van der Waals surface area contributed by atoms with Crippen LogP contribution in [0.3, 0.4) is 0 Å². The van der Waals surface area contributed by atoms with E-state index >= 15 is 0 Å². The van der Waals surface area contributed by atoms with Crippen molar-refractivity contribution < 1.29 is 17.9 Å². The van der Waals surface area contributed by atoms with Crippen molar-refractivity contribution in [3.8, 4) is 5.75 Å². The van der Waals surface area contributed by atoms with Gasteiger partial charge in [-0.1, -0.05) is 12.1 Å². The zero-order valence-corrected chi connectivity index (χ0v) is 18.1. The Morgan fingerprint density at radius 1 is 1.03 bits per heavy atom. The standard InChI is InChI=1S/C23H29NO4S/c1-17(2)29(26,27)22-10-6-20(7-11-22)23(25)24-14-12-19(13-15-24)16-18-4-8-21(28-3)9-5-18/h4-11,17,19H,12-16H2,1-3H3. The lowest BCUT2D eigenvalue weighted by Crippen LogP contribution is -2.38. The van der Waals surface area contributed by atoms with Crippen LogP contribution in [0.25, 0.3) is 0 Å². The number of piperidine rings is 1. The molecule has 6 heteroatoms. The molecule has 1 saturated heterocycles. The van der Waals surface area contributed by atoms with Gasteiger partial charge in [-0.3, -0.25) is 4.79 Å². The molecule has 0 spiro atoms. The van der Waals surface area contributed by atoms with Crippen LogP contribution in [0.5, 0.6) is 5.75 Å². The van der Waals surface area contributed by atoms with Crippen LogP contribution < -0.4 is 4.74 Å². The Morgan fingerprint density at radius 3 is 2.14 bits per heavy atom. The van der Waals surface area contributed by atoms with Crippen molar-refractivity contribution in [3.63, 3.8) is 0 Å². The van der Waals surface area contributed by atoms with Gasteiger partial charge in [0.25, 0.3) is 5.91 Å². The lowest BCUT2D eigenvalue weighted by molar-refractivity contribution is 0.0690. The number of rotatable bonds is 6. The van der Waals surface area contributed by atoms with E-state index in [1.165, 1.54) is 5.56 Å². The van der Waals surface area contributed by atoms with Gasteiger partial charge >= 0.3 is 0 Å². The fourth-order valence-corrected chi connectivity index (χ4v) is 4.74. The molecule has 1 aliphatic rings. The highest BCUT2D eigenvalue weighted by Crippen LogP contribution is 2.24. The maximum Gasteiger partial charge on any atom is 0.253 e. The van der Waals surface area contributed by atoms with E-state index < -0.39 is 15.1 Å². The summed E-state index contributed by atoms with van der Waals surface area (Å²) in [4.78, 5) is 14.9. The largest absolute Gasteiger partial charge is 0.497 e. The summed E-state index contributed by atoms with van der Waals surface area (Å²) in [6.45, 7) is 4.77.